The van der Waals surface area contributed by atoms with E-state index in [1.54, 1.807) is 0 Å². The van der Waals surface area contributed by atoms with Gasteiger partial charge in [0.15, 0.2) is 0 Å². The average Bonchev–Trinajstić information content (AvgIpc) is 2.37. The summed E-state index contributed by atoms with van der Waals surface area (Å²) in [6.07, 6.45) is 0. The summed E-state index contributed by atoms with van der Waals surface area (Å²) in [7, 11) is 0. The standard InChI is InChI=1S/2C6H15SeSi.Hg/c2*1-4-8(7,5-2)6-3;/h2*4-6H2,1-3H3;. The summed E-state index contributed by atoms with van der Waals surface area (Å²) in [6, 6.07) is 8.42. The molecule has 0 saturated carbocycles. The molecule has 0 rings (SSSR count). The minimum absolute atomic E-state index is 0. The van der Waals surface area contributed by atoms with Crippen molar-refractivity contribution in [3.63, 3.8) is 0 Å². The van der Waals surface area contributed by atoms with Gasteiger partial charge in [0.05, 0.1) is 0 Å². The molecule has 0 aromatic carbocycles. The molecule has 2 radical (unpaired) electrons. The van der Waals surface area contributed by atoms with Crippen molar-refractivity contribution in [1.82, 2.24) is 0 Å². The second kappa shape index (κ2) is 13.4. The van der Waals surface area contributed by atoms with E-state index in [1.165, 1.54) is 36.3 Å². The molecule has 0 fully saturated rings. The molecule has 0 heterocycles. The van der Waals surface area contributed by atoms with Gasteiger partial charge in [-0.3, -0.25) is 0 Å². The molecule has 5 heteroatoms. The van der Waals surface area contributed by atoms with Gasteiger partial charge in [0.1, 0.15) is 0 Å². The zero-order valence-corrected chi connectivity index (χ0v) is 23.7. The van der Waals surface area contributed by atoms with Crippen molar-refractivity contribution in [2.24, 2.45) is 0 Å². The van der Waals surface area contributed by atoms with Crippen molar-refractivity contribution < 1.29 is 27.7 Å². The van der Waals surface area contributed by atoms with E-state index in [2.05, 4.69) is 72.3 Å². The number of hydrogen-bond donors (Lipinski definition) is 0. The molecule has 0 atom stereocenters. The van der Waals surface area contributed by atoms with Crippen LogP contribution in [0.4, 0.5) is 0 Å². The van der Waals surface area contributed by atoms with Gasteiger partial charge in [-0.25, -0.2) is 0 Å². The Hall–Kier alpha value is 2.41. The molecule has 100 valence electrons. The van der Waals surface area contributed by atoms with E-state index in [1.807, 2.05) is 0 Å². The predicted molar refractivity (Wildman–Crippen MR) is 85.9 cm³/mol. The van der Waals surface area contributed by atoms with Gasteiger partial charge in [-0.15, -0.1) is 0 Å². The molecule has 17 heavy (non-hydrogen) atoms. The van der Waals surface area contributed by atoms with Crippen molar-refractivity contribution in [3.8, 4) is 0 Å². The van der Waals surface area contributed by atoms with E-state index >= 15 is 0 Å². The van der Waals surface area contributed by atoms with Gasteiger partial charge in [0.2, 0.25) is 0 Å². The molecule has 0 aliphatic heterocycles. The molecule has 0 saturated heterocycles. The summed E-state index contributed by atoms with van der Waals surface area (Å²) in [5.41, 5.74) is 0. The Balaban J connectivity index is -0.000000218. The van der Waals surface area contributed by atoms with E-state index < -0.39 is 13.4 Å². The average molecular weight is 589 g/mol. The van der Waals surface area contributed by atoms with Crippen LogP contribution in [0.1, 0.15) is 41.5 Å². The molecule has 0 aromatic heterocycles. The first-order valence-electron chi connectivity index (χ1n) is 6.77. The Morgan fingerprint density at radius 1 is 0.529 bits per heavy atom. The van der Waals surface area contributed by atoms with Gasteiger partial charge in [0, 0.05) is 27.7 Å². The largest absolute Gasteiger partial charge is 0 e. The second-order valence-corrected chi connectivity index (χ2v) is 24.4. The molecular formula is C12H30HgSe2Si2. The fourth-order valence-corrected chi connectivity index (χ4v) is 4.50. The molecule has 0 N–H and O–H groups in total. The number of hydrogen-bond acceptors (Lipinski definition) is 0. The second-order valence-electron chi connectivity index (χ2n) is 4.49. The molecule has 0 unspecified atom stereocenters. The van der Waals surface area contributed by atoms with E-state index in [0.717, 1.165) is 0 Å². The molecule has 0 aliphatic rings. The van der Waals surface area contributed by atoms with E-state index in [9.17, 15) is 0 Å². The molecule has 0 bridgehead atoms. The first kappa shape index (κ1) is 24.4. The SMILES string of the molecule is CC[Si]([Se])(CC)CC.CC[Si]([Se])(CC)CC.[Hg]. The Kier molecular flexibility index (Phi) is 19.2. The van der Waals surface area contributed by atoms with Gasteiger partial charge in [0.25, 0.3) is 0 Å². The summed E-state index contributed by atoms with van der Waals surface area (Å²) in [5.74, 6) is 0. The van der Waals surface area contributed by atoms with Crippen molar-refractivity contribution in [1.29, 1.82) is 0 Å². The fraction of sp³-hybridized carbons (Fsp3) is 1.00. The summed E-state index contributed by atoms with van der Waals surface area (Å²) >= 11 is 6.76. The molecule has 0 amide bonds. The van der Waals surface area contributed by atoms with Gasteiger partial charge in [-0.2, -0.15) is 0 Å². The van der Waals surface area contributed by atoms with Crippen LogP contribution < -0.4 is 0 Å². The summed E-state index contributed by atoms with van der Waals surface area (Å²) in [5, 5.41) is 0. The van der Waals surface area contributed by atoms with Crippen molar-refractivity contribution in [3.05, 3.63) is 0 Å². The summed E-state index contributed by atoms with van der Waals surface area (Å²) < 4.78 is 0. The van der Waals surface area contributed by atoms with Crippen molar-refractivity contribution in [2.45, 2.75) is 77.8 Å². The van der Waals surface area contributed by atoms with Crippen LogP contribution >= 0.6 is 0 Å². The van der Waals surface area contributed by atoms with Crippen LogP contribution in [0.15, 0.2) is 0 Å². The Labute approximate surface area is 148 Å². The fourth-order valence-electron chi connectivity index (χ4n) is 1.50. The molecule has 0 aromatic rings. The molecule has 0 nitrogen and oxygen atoms in total. The topological polar surface area (TPSA) is 0 Å². The van der Waals surface area contributed by atoms with Crippen LogP contribution in [0.25, 0.3) is 0 Å². The minimum Gasteiger partial charge on any atom is 0 e. The van der Waals surface area contributed by atoms with Gasteiger partial charge >= 0.3 is 122 Å². The monoisotopic (exact) mass is 592 g/mol. The summed E-state index contributed by atoms with van der Waals surface area (Å²) in [6.45, 7) is 12.2. The summed E-state index contributed by atoms with van der Waals surface area (Å²) in [4.78, 5) is 0. The Bertz CT molecular complexity index is 126. The van der Waals surface area contributed by atoms with E-state index in [4.69, 9.17) is 0 Å². The van der Waals surface area contributed by atoms with Gasteiger partial charge in [-0.1, -0.05) is 0 Å². The Morgan fingerprint density at radius 3 is 0.647 bits per heavy atom. The third-order valence-electron chi connectivity index (χ3n) is 3.87. The van der Waals surface area contributed by atoms with Crippen LogP contribution in [0.3, 0.4) is 0 Å². The van der Waals surface area contributed by atoms with Gasteiger partial charge < -0.3 is 0 Å². The maximum Gasteiger partial charge on any atom is 0 e. The van der Waals surface area contributed by atoms with Gasteiger partial charge in [-0.05, 0) is 0 Å². The Morgan fingerprint density at radius 2 is 0.647 bits per heavy atom. The van der Waals surface area contributed by atoms with Crippen LogP contribution in [0.2, 0.25) is 36.3 Å². The minimum atomic E-state index is -0.796. The third-order valence-corrected chi connectivity index (χ3v) is 22.5. The van der Waals surface area contributed by atoms with Crippen LogP contribution in [0, 0.1) is 0 Å². The zero-order chi connectivity index (χ0) is 13.2. The predicted octanol–water partition coefficient (Wildman–Crippen LogP) is 4.32. The van der Waals surface area contributed by atoms with Crippen LogP contribution in [0.5, 0.6) is 0 Å². The van der Waals surface area contributed by atoms with Crippen molar-refractivity contribution >= 4 is 44.1 Å². The zero-order valence-electron chi connectivity index (χ0n) is 12.8. The smallest absolute Gasteiger partial charge is 0 e. The normalized spacial score (nSPS) is 11.3. The third kappa shape index (κ3) is 11.9. The van der Waals surface area contributed by atoms with Crippen LogP contribution in [-0.2, 0) is 27.7 Å². The quantitative estimate of drug-likeness (QED) is 0.406. The molecule has 0 spiro atoms. The van der Waals surface area contributed by atoms with Crippen molar-refractivity contribution in [2.75, 3.05) is 0 Å². The first-order valence-corrected chi connectivity index (χ1v) is 17.0. The molecular weight excluding hydrogens is 559 g/mol. The molecule has 0 aliphatic carbocycles. The van der Waals surface area contributed by atoms with E-state index in [-0.39, 0.29) is 27.7 Å². The first-order chi connectivity index (χ1) is 7.36. The maximum absolute atomic E-state index is 3.38. The van der Waals surface area contributed by atoms with Crippen LogP contribution in [-0.4, -0.2) is 44.1 Å². The maximum atomic E-state index is 3.38. The number of rotatable bonds is 6. The van der Waals surface area contributed by atoms with E-state index in [0.29, 0.717) is 0 Å².